The smallest absolute Gasteiger partial charge is 0.360 e. The van der Waals surface area contributed by atoms with Crippen LogP contribution in [0.1, 0.15) is 56.1 Å². The maximum atomic E-state index is 12.5. The van der Waals surface area contributed by atoms with Crippen molar-refractivity contribution in [3.05, 3.63) is 41.6 Å². The van der Waals surface area contributed by atoms with E-state index >= 15 is 0 Å². The molecule has 0 bridgehead atoms. The third-order valence-corrected chi connectivity index (χ3v) is 5.28. The first-order chi connectivity index (χ1) is 11.9. The quantitative estimate of drug-likeness (QED) is 0.711. The number of ether oxygens (including phenoxy) is 1. The van der Waals surface area contributed by atoms with Crippen LogP contribution >= 0.6 is 0 Å². The molecule has 1 aliphatic carbocycles. The minimum atomic E-state index is -0.383. The molecule has 2 aromatic rings. The van der Waals surface area contributed by atoms with Crippen LogP contribution in [0, 0.1) is 24.7 Å². The largest absolute Gasteiger partial charge is 0.457 e. The van der Waals surface area contributed by atoms with Gasteiger partial charge in [-0.25, -0.2) is 4.79 Å². The third-order valence-electron chi connectivity index (χ3n) is 5.28. The Balaban J connectivity index is 1.71. The van der Waals surface area contributed by atoms with Crippen molar-refractivity contribution in [1.29, 1.82) is 0 Å². The second-order valence-corrected chi connectivity index (χ2v) is 7.71. The molecule has 0 amide bonds. The highest BCUT2D eigenvalue weighted by Gasteiger charge is 2.34. The Hall–Kier alpha value is -2.10. The minimum absolute atomic E-state index is 0.0317. The van der Waals surface area contributed by atoms with E-state index in [0.717, 1.165) is 18.4 Å². The van der Waals surface area contributed by atoms with E-state index in [4.69, 9.17) is 9.26 Å². The number of carbonyl (C=O) groups is 1. The Kier molecular flexibility index (Phi) is 5.26. The molecule has 0 aliphatic heterocycles. The predicted molar refractivity (Wildman–Crippen MR) is 97.2 cm³/mol. The fraction of sp³-hybridized carbons (Fsp3) is 0.524. The highest BCUT2D eigenvalue weighted by atomic mass is 16.5. The Morgan fingerprint density at radius 1 is 1.24 bits per heavy atom. The van der Waals surface area contributed by atoms with Gasteiger partial charge < -0.3 is 9.26 Å². The lowest BCUT2D eigenvalue weighted by Gasteiger charge is -2.36. The van der Waals surface area contributed by atoms with Gasteiger partial charge in [0.25, 0.3) is 0 Å². The summed E-state index contributed by atoms with van der Waals surface area (Å²) in [4.78, 5) is 12.5. The van der Waals surface area contributed by atoms with Gasteiger partial charge in [0, 0.05) is 11.6 Å². The van der Waals surface area contributed by atoms with Crippen LogP contribution in [0.3, 0.4) is 0 Å². The zero-order chi connectivity index (χ0) is 18.0. The number of aromatic nitrogens is 1. The van der Waals surface area contributed by atoms with Crippen molar-refractivity contribution in [2.45, 2.75) is 53.1 Å². The van der Waals surface area contributed by atoms with Crippen molar-refractivity contribution >= 4 is 5.97 Å². The molecule has 25 heavy (non-hydrogen) atoms. The van der Waals surface area contributed by atoms with Crippen LogP contribution in [-0.4, -0.2) is 17.2 Å². The molecule has 0 N–H and O–H groups in total. The third kappa shape index (κ3) is 4.12. The van der Waals surface area contributed by atoms with E-state index in [1.54, 1.807) is 6.07 Å². The molecule has 0 spiro atoms. The Morgan fingerprint density at radius 2 is 1.96 bits per heavy atom. The number of aryl methyl sites for hydroxylation is 1. The Bertz CT molecular complexity index is 717. The van der Waals surface area contributed by atoms with Gasteiger partial charge in [-0.05, 0) is 37.5 Å². The van der Waals surface area contributed by atoms with Crippen LogP contribution in [0.25, 0.3) is 11.3 Å². The molecule has 3 rings (SSSR count). The maximum Gasteiger partial charge on any atom is 0.360 e. The zero-order valence-electron chi connectivity index (χ0n) is 15.5. The van der Waals surface area contributed by atoms with Gasteiger partial charge in [-0.1, -0.05) is 62.2 Å². The number of benzene rings is 1. The average molecular weight is 341 g/mol. The number of rotatable bonds is 4. The first-order valence-corrected chi connectivity index (χ1v) is 9.18. The molecule has 3 unspecified atom stereocenters. The number of nitrogens with zero attached hydrogens (tertiary/aromatic N) is 1. The second kappa shape index (κ2) is 7.42. The normalized spacial score (nSPS) is 23.6. The van der Waals surface area contributed by atoms with Gasteiger partial charge >= 0.3 is 5.97 Å². The van der Waals surface area contributed by atoms with Crippen molar-refractivity contribution in [1.82, 2.24) is 5.16 Å². The average Bonchev–Trinajstić information content (AvgIpc) is 3.05. The van der Waals surface area contributed by atoms with Crippen molar-refractivity contribution in [3.63, 3.8) is 0 Å². The second-order valence-electron chi connectivity index (χ2n) is 7.71. The summed E-state index contributed by atoms with van der Waals surface area (Å²) in [6.45, 7) is 8.66. The SMILES string of the molecule is Cc1ccc(-c2cc(C(=O)OC3CC(C)CCC3C(C)C)no2)cc1. The van der Waals surface area contributed by atoms with Crippen LogP contribution in [0.5, 0.6) is 0 Å². The van der Waals surface area contributed by atoms with Crippen molar-refractivity contribution in [2.75, 3.05) is 0 Å². The molecule has 4 nitrogen and oxygen atoms in total. The molecule has 134 valence electrons. The van der Waals surface area contributed by atoms with E-state index in [-0.39, 0.29) is 17.8 Å². The van der Waals surface area contributed by atoms with Gasteiger partial charge in [0.15, 0.2) is 11.5 Å². The summed E-state index contributed by atoms with van der Waals surface area (Å²) in [6.07, 6.45) is 3.22. The molecule has 3 atom stereocenters. The molecule has 0 saturated heterocycles. The fourth-order valence-corrected chi connectivity index (χ4v) is 3.67. The molecule has 1 aromatic heterocycles. The van der Waals surface area contributed by atoms with Gasteiger partial charge in [-0.15, -0.1) is 0 Å². The van der Waals surface area contributed by atoms with E-state index in [1.807, 2.05) is 31.2 Å². The van der Waals surface area contributed by atoms with E-state index in [2.05, 4.69) is 25.9 Å². The monoisotopic (exact) mass is 341 g/mol. The summed E-state index contributed by atoms with van der Waals surface area (Å²) in [5.41, 5.74) is 2.33. The summed E-state index contributed by atoms with van der Waals surface area (Å²) in [5, 5.41) is 3.92. The number of hydrogen-bond acceptors (Lipinski definition) is 4. The summed E-state index contributed by atoms with van der Waals surface area (Å²) < 4.78 is 11.2. The lowest BCUT2D eigenvalue weighted by Crippen LogP contribution is -2.35. The molecular weight excluding hydrogens is 314 g/mol. The predicted octanol–water partition coefficient (Wildman–Crippen LogP) is 5.27. The fourth-order valence-electron chi connectivity index (χ4n) is 3.67. The molecule has 0 radical (unpaired) electrons. The summed E-state index contributed by atoms with van der Waals surface area (Å²) in [5.74, 6) is 1.72. The first kappa shape index (κ1) is 17.7. The van der Waals surface area contributed by atoms with Crippen LogP contribution < -0.4 is 0 Å². The minimum Gasteiger partial charge on any atom is -0.457 e. The van der Waals surface area contributed by atoms with E-state index in [9.17, 15) is 4.79 Å². The highest BCUT2D eigenvalue weighted by molar-refractivity contribution is 5.88. The summed E-state index contributed by atoms with van der Waals surface area (Å²) in [6, 6.07) is 9.60. The lowest BCUT2D eigenvalue weighted by molar-refractivity contribution is -0.0181. The topological polar surface area (TPSA) is 52.3 Å². The van der Waals surface area contributed by atoms with Gasteiger partial charge in [0.05, 0.1) is 0 Å². The zero-order valence-corrected chi connectivity index (χ0v) is 15.5. The Morgan fingerprint density at radius 3 is 2.64 bits per heavy atom. The molecule has 1 fully saturated rings. The molecule has 1 heterocycles. The van der Waals surface area contributed by atoms with E-state index in [1.165, 1.54) is 12.0 Å². The van der Waals surface area contributed by atoms with E-state index < -0.39 is 0 Å². The molecular formula is C21H27NO3. The van der Waals surface area contributed by atoms with Gasteiger partial charge in [0.1, 0.15) is 6.10 Å². The number of carbonyl (C=O) groups excluding carboxylic acids is 1. The van der Waals surface area contributed by atoms with Gasteiger partial charge in [-0.3, -0.25) is 0 Å². The van der Waals surface area contributed by atoms with Crippen LogP contribution in [0.2, 0.25) is 0 Å². The molecule has 1 saturated carbocycles. The number of hydrogen-bond donors (Lipinski definition) is 0. The number of esters is 1. The molecule has 1 aliphatic rings. The van der Waals surface area contributed by atoms with Crippen molar-refractivity contribution in [3.8, 4) is 11.3 Å². The maximum absolute atomic E-state index is 12.5. The molecule has 1 aromatic carbocycles. The van der Waals surface area contributed by atoms with Gasteiger partial charge in [-0.2, -0.15) is 0 Å². The van der Waals surface area contributed by atoms with Crippen LogP contribution in [-0.2, 0) is 4.74 Å². The van der Waals surface area contributed by atoms with Crippen molar-refractivity contribution in [2.24, 2.45) is 17.8 Å². The highest BCUT2D eigenvalue weighted by Crippen LogP contribution is 2.35. The first-order valence-electron chi connectivity index (χ1n) is 9.18. The van der Waals surface area contributed by atoms with Crippen LogP contribution in [0.4, 0.5) is 0 Å². The lowest BCUT2D eigenvalue weighted by atomic mass is 9.75. The van der Waals surface area contributed by atoms with Crippen molar-refractivity contribution < 1.29 is 14.1 Å². The summed E-state index contributed by atoms with van der Waals surface area (Å²) >= 11 is 0. The summed E-state index contributed by atoms with van der Waals surface area (Å²) in [7, 11) is 0. The standard InChI is InChI=1S/C21H27NO3/c1-13(2)17-10-7-15(4)11-20(17)24-21(23)18-12-19(25-22-18)16-8-5-14(3)6-9-16/h5-6,8-9,12-13,15,17,20H,7,10-11H2,1-4H3. The van der Waals surface area contributed by atoms with Crippen LogP contribution in [0.15, 0.2) is 34.9 Å². The van der Waals surface area contributed by atoms with Gasteiger partial charge in [0.2, 0.25) is 0 Å². The Labute approximate surface area is 149 Å². The van der Waals surface area contributed by atoms with E-state index in [0.29, 0.717) is 23.5 Å². The molecule has 4 heteroatoms.